The largest absolute Gasteiger partial charge is 0.397 e. The van der Waals surface area contributed by atoms with Gasteiger partial charge in [0.1, 0.15) is 0 Å². The highest BCUT2D eigenvalue weighted by atomic mass is 16.5. The molecule has 3 N–H and O–H groups in total. The molecule has 1 aromatic carbocycles. The molecule has 0 amide bonds. The lowest BCUT2D eigenvalue weighted by Crippen LogP contribution is -2.52. The van der Waals surface area contributed by atoms with E-state index in [2.05, 4.69) is 5.32 Å². The molecule has 1 heterocycles. The SMILES string of the molecule is Nc1ccccc1NCCC1CC2(COC2)C1. The third-order valence-electron chi connectivity index (χ3n) is 4.09. The van der Waals surface area contributed by atoms with Crippen LogP contribution in [-0.4, -0.2) is 19.8 Å². The van der Waals surface area contributed by atoms with E-state index in [0.29, 0.717) is 5.41 Å². The molecule has 3 rings (SSSR count). The second-order valence-corrected chi connectivity index (χ2v) is 5.57. The maximum absolute atomic E-state index is 5.88. The van der Waals surface area contributed by atoms with Crippen molar-refractivity contribution >= 4 is 11.4 Å². The van der Waals surface area contributed by atoms with Crippen LogP contribution < -0.4 is 11.1 Å². The molecule has 0 radical (unpaired) electrons. The van der Waals surface area contributed by atoms with E-state index in [-0.39, 0.29) is 0 Å². The summed E-state index contributed by atoms with van der Waals surface area (Å²) in [4.78, 5) is 0. The summed E-state index contributed by atoms with van der Waals surface area (Å²) in [5, 5.41) is 3.42. The van der Waals surface area contributed by atoms with Crippen LogP contribution in [0.4, 0.5) is 11.4 Å². The Morgan fingerprint density at radius 1 is 1.29 bits per heavy atom. The Balaban J connectivity index is 1.40. The van der Waals surface area contributed by atoms with Crippen molar-refractivity contribution < 1.29 is 4.74 Å². The van der Waals surface area contributed by atoms with Crippen LogP contribution in [0.3, 0.4) is 0 Å². The second-order valence-electron chi connectivity index (χ2n) is 5.57. The molecule has 0 bridgehead atoms. The van der Waals surface area contributed by atoms with E-state index in [1.54, 1.807) is 0 Å². The number of benzene rings is 1. The Morgan fingerprint density at radius 2 is 2.06 bits per heavy atom. The minimum Gasteiger partial charge on any atom is -0.397 e. The number of rotatable bonds is 4. The van der Waals surface area contributed by atoms with Crippen molar-refractivity contribution in [3.63, 3.8) is 0 Å². The number of anilines is 2. The molecule has 1 saturated heterocycles. The molecule has 0 aromatic heterocycles. The van der Waals surface area contributed by atoms with Gasteiger partial charge in [0.2, 0.25) is 0 Å². The molecule has 1 saturated carbocycles. The Bertz CT molecular complexity index is 393. The Labute approximate surface area is 102 Å². The summed E-state index contributed by atoms with van der Waals surface area (Å²) >= 11 is 0. The highest BCUT2D eigenvalue weighted by Crippen LogP contribution is 2.51. The van der Waals surface area contributed by atoms with E-state index in [1.807, 2.05) is 24.3 Å². The number of hydrogen-bond donors (Lipinski definition) is 2. The van der Waals surface area contributed by atoms with Gasteiger partial charge in [-0.05, 0) is 37.3 Å². The number of nitrogens with two attached hydrogens (primary N) is 1. The van der Waals surface area contributed by atoms with Crippen molar-refractivity contribution in [2.75, 3.05) is 30.8 Å². The van der Waals surface area contributed by atoms with E-state index in [1.165, 1.54) is 19.3 Å². The molecule has 1 aliphatic carbocycles. The zero-order valence-electron chi connectivity index (χ0n) is 10.1. The summed E-state index contributed by atoms with van der Waals surface area (Å²) in [5.74, 6) is 0.885. The Hall–Kier alpha value is -1.22. The van der Waals surface area contributed by atoms with Crippen molar-refractivity contribution in [3.8, 4) is 0 Å². The number of nitrogen functional groups attached to an aromatic ring is 1. The third-order valence-corrected chi connectivity index (χ3v) is 4.09. The molecule has 3 nitrogen and oxygen atoms in total. The Morgan fingerprint density at radius 3 is 2.71 bits per heavy atom. The summed E-state index contributed by atoms with van der Waals surface area (Å²) < 4.78 is 5.29. The molecule has 1 aromatic rings. The first-order valence-corrected chi connectivity index (χ1v) is 6.44. The standard InChI is InChI=1S/C14H20N2O/c15-12-3-1-2-4-13(12)16-6-5-11-7-14(8-11)9-17-10-14/h1-4,11,16H,5-10,15H2. The molecule has 1 spiro atoms. The topological polar surface area (TPSA) is 47.3 Å². The van der Waals surface area contributed by atoms with Gasteiger partial charge in [-0.2, -0.15) is 0 Å². The number of para-hydroxylation sites is 2. The van der Waals surface area contributed by atoms with Crippen LogP contribution in [0.25, 0.3) is 0 Å². The molecule has 92 valence electrons. The number of hydrogen-bond acceptors (Lipinski definition) is 3. The van der Waals surface area contributed by atoms with Crippen LogP contribution in [0.15, 0.2) is 24.3 Å². The number of ether oxygens (including phenoxy) is 1. The molecule has 1 aliphatic heterocycles. The van der Waals surface area contributed by atoms with Crippen LogP contribution in [0.1, 0.15) is 19.3 Å². The third kappa shape index (κ3) is 2.12. The van der Waals surface area contributed by atoms with Gasteiger partial charge in [-0.15, -0.1) is 0 Å². The van der Waals surface area contributed by atoms with Gasteiger partial charge < -0.3 is 15.8 Å². The summed E-state index contributed by atoms with van der Waals surface area (Å²) in [6.07, 6.45) is 3.97. The number of nitrogens with one attached hydrogen (secondary N) is 1. The summed E-state index contributed by atoms with van der Waals surface area (Å²) in [7, 11) is 0. The van der Waals surface area contributed by atoms with Crippen molar-refractivity contribution in [1.82, 2.24) is 0 Å². The van der Waals surface area contributed by atoms with Gasteiger partial charge in [0.25, 0.3) is 0 Å². The maximum atomic E-state index is 5.88. The molecule has 0 atom stereocenters. The van der Waals surface area contributed by atoms with E-state index in [0.717, 1.165) is 37.1 Å². The van der Waals surface area contributed by atoms with Crippen molar-refractivity contribution in [3.05, 3.63) is 24.3 Å². The highest BCUT2D eigenvalue weighted by Gasteiger charge is 2.49. The minimum absolute atomic E-state index is 0.594. The second kappa shape index (κ2) is 4.22. The Kier molecular flexibility index (Phi) is 2.71. The van der Waals surface area contributed by atoms with Crippen molar-refractivity contribution in [1.29, 1.82) is 0 Å². The predicted octanol–water partition coefficient (Wildman–Crippen LogP) is 2.50. The summed E-state index contributed by atoms with van der Waals surface area (Å²) in [5.41, 5.74) is 8.37. The van der Waals surface area contributed by atoms with Crippen LogP contribution in [0.2, 0.25) is 0 Å². The first kappa shape index (κ1) is 10.9. The maximum Gasteiger partial charge on any atom is 0.0573 e. The lowest BCUT2D eigenvalue weighted by Gasteiger charge is -2.53. The van der Waals surface area contributed by atoms with E-state index < -0.39 is 0 Å². The molecular weight excluding hydrogens is 212 g/mol. The minimum atomic E-state index is 0.594. The molecule has 0 unspecified atom stereocenters. The fourth-order valence-corrected chi connectivity index (χ4v) is 3.06. The summed E-state index contributed by atoms with van der Waals surface area (Å²) in [6, 6.07) is 7.96. The zero-order valence-corrected chi connectivity index (χ0v) is 10.1. The first-order valence-electron chi connectivity index (χ1n) is 6.44. The molecule has 2 aliphatic rings. The van der Waals surface area contributed by atoms with Gasteiger partial charge in [-0.3, -0.25) is 0 Å². The van der Waals surface area contributed by atoms with E-state index in [4.69, 9.17) is 10.5 Å². The average Bonchev–Trinajstić information content (AvgIpc) is 2.21. The molecular formula is C14H20N2O. The average molecular weight is 232 g/mol. The fourth-order valence-electron chi connectivity index (χ4n) is 3.06. The van der Waals surface area contributed by atoms with Gasteiger partial charge in [-0.25, -0.2) is 0 Å². The molecule has 17 heavy (non-hydrogen) atoms. The van der Waals surface area contributed by atoms with Gasteiger partial charge in [0.05, 0.1) is 24.6 Å². The highest BCUT2D eigenvalue weighted by molar-refractivity contribution is 5.65. The van der Waals surface area contributed by atoms with Crippen molar-refractivity contribution in [2.45, 2.75) is 19.3 Å². The van der Waals surface area contributed by atoms with Crippen LogP contribution in [0.5, 0.6) is 0 Å². The monoisotopic (exact) mass is 232 g/mol. The van der Waals surface area contributed by atoms with Crippen LogP contribution in [0, 0.1) is 11.3 Å². The zero-order chi connectivity index (χ0) is 11.7. The van der Waals surface area contributed by atoms with Gasteiger partial charge in [0, 0.05) is 12.0 Å². The van der Waals surface area contributed by atoms with Crippen LogP contribution >= 0.6 is 0 Å². The molecule has 3 heteroatoms. The van der Waals surface area contributed by atoms with Gasteiger partial charge in [0.15, 0.2) is 0 Å². The van der Waals surface area contributed by atoms with E-state index in [9.17, 15) is 0 Å². The summed E-state index contributed by atoms with van der Waals surface area (Å²) in [6.45, 7) is 3.03. The predicted molar refractivity (Wildman–Crippen MR) is 69.9 cm³/mol. The quantitative estimate of drug-likeness (QED) is 0.784. The van der Waals surface area contributed by atoms with Gasteiger partial charge in [-0.1, -0.05) is 12.1 Å². The smallest absolute Gasteiger partial charge is 0.0573 e. The first-order chi connectivity index (χ1) is 8.27. The molecule has 2 fully saturated rings. The normalized spacial score (nSPS) is 21.9. The van der Waals surface area contributed by atoms with Crippen molar-refractivity contribution in [2.24, 2.45) is 11.3 Å². The lowest BCUT2D eigenvalue weighted by molar-refractivity contribution is -0.179. The fraction of sp³-hybridized carbons (Fsp3) is 0.571. The van der Waals surface area contributed by atoms with Gasteiger partial charge >= 0.3 is 0 Å². The van der Waals surface area contributed by atoms with E-state index >= 15 is 0 Å². The lowest BCUT2D eigenvalue weighted by atomic mass is 9.60. The van der Waals surface area contributed by atoms with Crippen LogP contribution in [-0.2, 0) is 4.74 Å².